The van der Waals surface area contributed by atoms with Crippen LogP contribution in [-0.2, 0) is 6.54 Å². The SMILES string of the molecule is C[C@@H]([NH2+]Cc1ccccc1)c1nc2ccccc2c(=O)n1-c1ccc(Cl)cc1. The Bertz CT molecular complexity index is 1150. The van der Waals surface area contributed by atoms with Gasteiger partial charge >= 0.3 is 0 Å². The summed E-state index contributed by atoms with van der Waals surface area (Å²) in [5.74, 6) is 0.724. The van der Waals surface area contributed by atoms with Crippen molar-refractivity contribution < 1.29 is 5.32 Å². The second-order valence-corrected chi connectivity index (χ2v) is 7.25. The summed E-state index contributed by atoms with van der Waals surface area (Å²) in [7, 11) is 0. The number of halogens is 1. The van der Waals surface area contributed by atoms with Crippen molar-refractivity contribution in [3.8, 4) is 5.69 Å². The van der Waals surface area contributed by atoms with E-state index in [1.54, 1.807) is 16.7 Å². The normalized spacial score (nSPS) is 12.2. The Balaban J connectivity index is 1.80. The van der Waals surface area contributed by atoms with E-state index < -0.39 is 0 Å². The molecule has 0 saturated heterocycles. The molecular weight excluding hydrogens is 370 g/mol. The van der Waals surface area contributed by atoms with E-state index in [4.69, 9.17) is 16.6 Å². The molecule has 1 heterocycles. The molecule has 0 aliphatic rings. The van der Waals surface area contributed by atoms with E-state index in [0.717, 1.165) is 18.1 Å². The third kappa shape index (κ3) is 3.70. The molecule has 0 aliphatic heterocycles. The van der Waals surface area contributed by atoms with Gasteiger partial charge in [-0.2, -0.15) is 0 Å². The number of hydrogen-bond acceptors (Lipinski definition) is 2. The molecule has 2 N–H and O–H groups in total. The Hall–Kier alpha value is -2.95. The van der Waals surface area contributed by atoms with Gasteiger partial charge in [0.2, 0.25) is 0 Å². The van der Waals surface area contributed by atoms with Crippen LogP contribution in [0, 0.1) is 0 Å². The Morgan fingerprint density at radius 1 is 0.964 bits per heavy atom. The summed E-state index contributed by atoms with van der Waals surface area (Å²) in [5.41, 5.74) is 2.65. The summed E-state index contributed by atoms with van der Waals surface area (Å²) in [5, 5.41) is 3.44. The lowest BCUT2D eigenvalue weighted by atomic mass is 10.2. The number of rotatable bonds is 5. The van der Waals surface area contributed by atoms with Crippen LogP contribution in [0.5, 0.6) is 0 Å². The second-order valence-electron chi connectivity index (χ2n) is 6.82. The first kappa shape index (κ1) is 18.4. The summed E-state index contributed by atoms with van der Waals surface area (Å²) in [6.07, 6.45) is 0. The van der Waals surface area contributed by atoms with Crippen molar-refractivity contribution in [1.29, 1.82) is 0 Å². The highest BCUT2D eigenvalue weighted by molar-refractivity contribution is 6.30. The molecule has 0 fully saturated rings. The number of fused-ring (bicyclic) bond motifs is 1. The average Bonchev–Trinajstić information content (AvgIpc) is 2.73. The molecule has 140 valence electrons. The van der Waals surface area contributed by atoms with E-state index in [0.29, 0.717) is 15.9 Å². The fourth-order valence-electron chi connectivity index (χ4n) is 3.33. The lowest BCUT2D eigenvalue weighted by molar-refractivity contribution is -0.709. The van der Waals surface area contributed by atoms with Crippen LogP contribution >= 0.6 is 11.6 Å². The highest BCUT2D eigenvalue weighted by Crippen LogP contribution is 2.18. The van der Waals surface area contributed by atoms with E-state index in [2.05, 4.69) is 24.4 Å². The number of aromatic nitrogens is 2. The van der Waals surface area contributed by atoms with Gasteiger partial charge in [0.15, 0.2) is 5.82 Å². The molecule has 4 nitrogen and oxygen atoms in total. The van der Waals surface area contributed by atoms with Gasteiger partial charge in [-0.15, -0.1) is 0 Å². The zero-order valence-corrected chi connectivity index (χ0v) is 16.3. The van der Waals surface area contributed by atoms with Crippen molar-refractivity contribution >= 4 is 22.5 Å². The van der Waals surface area contributed by atoms with E-state index in [-0.39, 0.29) is 11.6 Å². The first-order valence-electron chi connectivity index (χ1n) is 9.28. The number of hydrogen-bond donors (Lipinski definition) is 1. The maximum absolute atomic E-state index is 13.3. The average molecular weight is 391 g/mol. The lowest BCUT2D eigenvalue weighted by Gasteiger charge is -2.17. The van der Waals surface area contributed by atoms with E-state index in [1.807, 2.05) is 54.6 Å². The van der Waals surface area contributed by atoms with Crippen molar-refractivity contribution in [2.24, 2.45) is 0 Å². The maximum Gasteiger partial charge on any atom is 0.266 e. The number of benzene rings is 3. The Morgan fingerprint density at radius 2 is 1.64 bits per heavy atom. The first-order valence-corrected chi connectivity index (χ1v) is 9.66. The van der Waals surface area contributed by atoms with Crippen LogP contribution in [0.25, 0.3) is 16.6 Å². The van der Waals surface area contributed by atoms with Crippen molar-refractivity contribution in [3.05, 3.63) is 106 Å². The van der Waals surface area contributed by atoms with Crippen molar-refractivity contribution in [2.75, 3.05) is 0 Å². The topological polar surface area (TPSA) is 51.5 Å². The van der Waals surface area contributed by atoms with E-state index in [9.17, 15) is 4.79 Å². The molecule has 3 aromatic carbocycles. The highest BCUT2D eigenvalue weighted by Gasteiger charge is 2.20. The minimum Gasteiger partial charge on any atom is -0.334 e. The first-order chi connectivity index (χ1) is 13.6. The fourth-order valence-corrected chi connectivity index (χ4v) is 3.45. The minimum absolute atomic E-state index is 0.00631. The molecule has 0 radical (unpaired) electrons. The summed E-state index contributed by atoms with van der Waals surface area (Å²) in [4.78, 5) is 18.1. The molecule has 1 atom stereocenters. The van der Waals surface area contributed by atoms with Crippen LogP contribution in [0.2, 0.25) is 5.02 Å². The molecular formula is C23H21ClN3O+. The molecule has 0 saturated carbocycles. The number of quaternary nitrogens is 1. The number of nitrogens with two attached hydrogens (primary N) is 1. The van der Waals surface area contributed by atoms with Gasteiger partial charge in [-0.25, -0.2) is 4.98 Å². The molecule has 5 heteroatoms. The third-order valence-electron chi connectivity index (χ3n) is 4.84. The van der Waals surface area contributed by atoms with Gasteiger partial charge in [0.05, 0.1) is 16.6 Å². The van der Waals surface area contributed by atoms with Crippen LogP contribution in [0.1, 0.15) is 24.4 Å². The summed E-state index contributed by atoms with van der Waals surface area (Å²) in [6, 6.07) is 25.0. The van der Waals surface area contributed by atoms with Gasteiger partial charge in [-0.05, 0) is 43.3 Å². The van der Waals surface area contributed by atoms with Gasteiger partial charge < -0.3 is 5.32 Å². The molecule has 4 aromatic rings. The number of nitrogens with zero attached hydrogens (tertiary/aromatic N) is 2. The highest BCUT2D eigenvalue weighted by atomic mass is 35.5. The van der Waals surface area contributed by atoms with Crippen molar-refractivity contribution in [2.45, 2.75) is 19.5 Å². The van der Waals surface area contributed by atoms with E-state index in [1.165, 1.54) is 5.56 Å². The molecule has 0 unspecified atom stereocenters. The standard InChI is InChI=1S/C23H20ClN3O/c1-16(25-15-17-7-3-2-4-8-17)22-26-21-10-6-5-9-20(21)23(28)27(22)19-13-11-18(24)12-14-19/h2-14,16,25H,15H2,1H3/p+1/t16-/m1/s1. The van der Waals surface area contributed by atoms with Crippen molar-refractivity contribution in [1.82, 2.24) is 9.55 Å². The van der Waals surface area contributed by atoms with Gasteiger partial charge in [-0.3, -0.25) is 9.36 Å². The zero-order valence-electron chi connectivity index (χ0n) is 15.5. The molecule has 0 bridgehead atoms. The van der Waals surface area contributed by atoms with Gasteiger partial charge in [-0.1, -0.05) is 54.1 Å². The smallest absolute Gasteiger partial charge is 0.266 e. The molecule has 4 rings (SSSR count). The van der Waals surface area contributed by atoms with Crippen LogP contribution in [0.3, 0.4) is 0 Å². The molecule has 1 aromatic heterocycles. The third-order valence-corrected chi connectivity index (χ3v) is 5.10. The quantitative estimate of drug-likeness (QED) is 0.562. The minimum atomic E-state index is -0.0668. The Kier molecular flexibility index (Phi) is 5.24. The molecule has 0 aliphatic carbocycles. The van der Waals surface area contributed by atoms with Gasteiger partial charge in [0, 0.05) is 10.6 Å². The summed E-state index contributed by atoms with van der Waals surface area (Å²) < 4.78 is 1.70. The predicted octanol–water partition coefficient (Wildman–Crippen LogP) is 3.86. The molecule has 0 spiro atoms. The van der Waals surface area contributed by atoms with E-state index >= 15 is 0 Å². The molecule has 28 heavy (non-hydrogen) atoms. The van der Waals surface area contributed by atoms with Gasteiger partial charge in [0.25, 0.3) is 5.56 Å². The van der Waals surface area contributed by atoms with Crippen LogP contribution in [-0.4, -0.2) is 9.55 Å². The lowest BCUT2D eigenvalue weighted by Crippen LogP contribution is -2.83. The summed E-state index contributed by atoms with van der Waals surface area (Å²) in [6.45, 7) is 2.89. The predicted molar refractivity (Wildman–Crippen MR) is 113 cm³/mol. The summed E-state index contributed by atoms with van der Waals surface area (Å²) >= 11 is 6.04. The van der Waals surface area contributed by atoms with Gasteiger partial charge in [0.1, 0.15) is 12.6 Å². The number of para-hydroxylation sites is 1. The van der Waals surface area contributed by atoms with Crippen molar-refractivity contribution in [3.63, 3.8) is 0 Å². The Labute approximate surface area is 168 Å². The maximum atomic E-state index is 13.3. The van der Waals surface area contributed by atoms with Crippen LogP contribution in [0.15, 0.2) is 83.7 Å². The molecule has 0 amide bonds. The largest absolute Gasteiger partial charge is 0.334 e. The van der Waals surface area contributed by atoms with Crippen LogP contribution in [0.4, 0.5) is 0 Å². The zero-order chi connectivity index (χ0) is 19.5. The van der Waals surface area contributed by atoms with Crippen LogP contribution < -0.4 is 10.9 Å². The second kappa shape index (κ2) is 7.97. The Morgan fingerprint density at radius 3 is 2.39 bits per heavy atom. The fraction of sp³-hybridized carbons (Fsp3) is 0.130. The monoisotopic (exact) mass is 390 g/mol.